The van der Waals surface area contributed by atoms with E-state index in [0.29, 0.717) is 32.3 Å². The molecule has 0 rings (SSSR count). The van der Waals surface area contributed by atoms with Gasteiger partial charge in [0.25, 0.3) is 0 Å². The van der Waals surface area contributed by atoms with E-state index in [1.165, 1.54) is 12.8 Å². The van der Waals surface area contributed by atoms with Gasteiger partial charge >= 0.3 is 0 Å². The molecule has 0 aromatic rings. The van der Waals surface area contributed by atoms with Gasteiger partial charge in [0.2, 0.25) is 0 Å². The van der Waals surface area contributed by atoms with Crippen LogP contribution in [0.15, 0.2) is 0 Å². The van der Waals surface area contributed by atoms with E-state index in [0.717, 1.165) is 32.7 Å². The van der Waals surface area contributed by atoms with Gasteiger partial charge in [0.15, 0.2) is 0 Å². The molecule has 0 saturated carbocycles. The van der Waals surface area contributed by atoms with Gasteiger partial charge in [0, 0.05) is 13.2 Å². The molecule has 0 aliphatic rings. The highest BCUT2D eigenvalue weighted by Crippen LogP contribution is 1.93. The number of nitrogens with one attached hydrogen (secondary N) is 1. The number of hydrogen-bond acceptors (Lipinski definition) is 4. The van der Waals surface area contributed by atoms with Crippen molar-refractivity contribution in [2.45, 2.75) is 40.0 Å². The summed E-state index contributed by atoms with van der Waals surface area (Å²) < 4.78 is 16.3. The number of rotatable bonds is 15. The summed E-state index contributed by atoms with van der Waals surface area (Å²) in [4.78, 5) is 0. The zero-order valence-electron chi connectivity index (χ0n) is 13.1. The molecule has 0 fully saturated rings. The molecular weight excluding hydrogens is 242 g/mol. The van der Waals surface area contributed by atoms with E-state index in [9.17, 15) is 0 Å². The Bertz CT molecular complexity index is 165. The molecule has 1 N–H and O–H groups in total. The Labute approximate surface area is 119 Å². The highest BCUT2D eigenvalue weighted by Gasteiger charge is 1.94. The monoisotopic (exact) mass is 275 g/mol. The Hall–Kier alpha value is -0.160. The van der Waals surface area contributed by atoms with Crippen LogP contribution >= 0.6 is 0 Å². The summed E-state index contributed by atoms with van der Waals surface area (Å²) in [6.07, 6.45) is 3.64. The minimum Gasteiger partial charge on any atom is -0.379 e. The molecule has 0 spiro atoms. The lowest BCUT2D eigenvalue weighted by Crippen LogP contribution is -2.24. The first-order valence-electron chi connectivity index (χ1n) is 7.71. The smallest absolute Gasteiger partial charge is 0.0701 e. The fraction of sp³-hybridized carbons (Fsp3) is 1.00. The van der Waals surface area contributed by atoms with E-state index >= 15 is 0 Å². The Morgan fingerprint density at radius 1 is 0.789 bits per heavy atom. The molecule has 116 valence electrons. The lowest BCUT2D eigenvalue weighted by Gasteiger charge is -2.08. The topological polar surface area (TPSA) is 39.7 Å². The van der Waals surface area contributed by atoms with Crippen LogP contribution in [-0.4, -0.2) is 52.7 Å². The average molecular weight is 275 g/mol. The third-order valence-electron chi connectivity index (χ3n) is 2.61. The quantitative estimate of drug-likeness (QED) is 0.466. The van der Waals surface area contributed by atoms with Crippen LogP contribution in [0.1, 0.15) is 40.0 Å². The summed E-state index contributed by atoms with van der Waals surface area (Å²) in [6.45, 7) is 12.9. The van der Waals surface area contributed by atoms with Crippen molar-refractivity contribution in [2.75, 3.05) is 52.7 Å². The number of unbranched alkanes of at least 4 members (excludes halogenated alkanes) is 2. The third kappa shape index (κ3) is 17.8. The van der Waals surface area contributed by atoms with E-state index in [4.69, 9.17) is 14.2 Å². The van der Waals surface area contributed by atoms with Gasteiger partial charge in [-0.1, -0.05) is 33.6 Å². The van der Waals surface area contributed by atoms with E-state index in [1.807, 2.05) is 0 Å². The van der Waals surface area contributed by atoms with Gasteiger partial charge in [-0.15, -0.1) is 0 Å². The second kappa shape index (κ2) is 15.9. The minimum absolute atomic E-state index is 0.655. The van der Waals surface area contributed by atoms with Crippen LogP contribution in [0.2, 0.25) is 0 Å². The van der Waals surface area contributed by atoms with Gasteiger partial charge in [0.05, 0.1) is 33.0 Å². The van der Waals surface area contributed by atoms with Crippen molar-refractivity contribution in [3.8, 4) is 0 Å². The second-order valence-corrected chi connectivity index (χ2v) is 5.14. The van der Waals surface area contributed by atoms with Crippen LogP contribution in [0.25, 0.3) is 0 Å². The van der Waals surface area contributed by atoms with Crippen molar-refractivity contribution >= 4 is 0 Å². The van der Waals surface area contributed by atoms with Crippen LogP contribution in [0.3, 0.4) is 0 Å². The normalized spacial score (nSPS) is 11.4. The highest BCUT2D eigenvalue weighted by molar-refractivity contribution is 4.49. The fourth-order valence-electron chi connectivity index (χ4n) is 1.53. The molecule has 0 atom stereocenters. The Morgan fingerprint density at radius 2 is 1.37 bits per heavy atom. The van der Waals surface area contributed by atoms with Crippen molar-refractivity contribution in [1.29, 1.82) is 0 Å². The van der Waals surface area contributed by atoms with Crippen molar-refractivity contribution in [2.24, 2.45) is 5.92 Å². The molecule has 0 amide bonds. The van der Waals surface area contributed by atoms with Crippen LogP contribution < -0.4 is 5.32 Å². The predicted molar refractivity (Wildman–Crippen MR) is 79.7 cm³/mol. The van der Waals surface area contributed by atoms with Crippen LogP contribution in [-0.2, 0) is 14.2 Å². The first kappa shape index (κ1) is 18.8. The number of ether oxygens (including phenoxy) is 3. The summed E-state index contributed by atoms with van der Waals surface area (Å²) in [7, 11) is 0. The van der Waals surface area contributed by atoms with Gasteiger partial charge < -0.3 is 19.5 Å². The molecule has 0 unspecified atom stereocenters. The standard InChI is InChI=1S/C15H33NO3/c1-4-5-6-8-17-10-12-19-13-11-18-9-7-16-14-15(2)3/h15-16H,4-14H2,1-3H3. The SMILES string of the molecule is CCCCCOCCOCCOCCNCC(C)C. The second-order valence-electron chi connectivity index (χ2n) is 5.14. The molecule has 19 heavy (non-hydrogen) atoms. The van der Waals surface area contributed by atoms with Crippen molar-refractivity contribution in [1.82, 2.24) is 5.32 Å². The summed E-state index contributed by atoms with van der Waals surface area (Å²) >= 11 is 0. The van der Waals surface area contributed by atoms with E-state index in [1.54, 1.807) is 0 Å². The summed E-state index contributed by atoms with van der Waals surface area (Å²) in [5.41, 5.74) is 0. The van der Waals surface area contributed by atoms with Crippen LogP contribution in [0.5, 0.6) is 0 Å². The molecule has 4 heteroatoms. The molecule has 0 aliphatic carbocycles. The van der Waals surface area contributed by atoms with Gasteiger partial charge in [-0.3, -0.25) is 0 Å². The van der Waals surface area contributed by atoms with E-state index in [2.05, 4.69) is 26.1 Å². The maximum Gasteiger partial charge on any atom is 0.0701 e. The molecule has 4 nitrogen and oxygen atoms in total. The van der Waals surface area contributed by atoms with Gasteiger partial charge in [0.1, 0.15) is 0 Å². The predicted octanol–water partition coefficient (Wildman–Crippen LogP) is 2.47. The highest BCUT2D eigenvalue weighted by atomic mass is 16.5. The van der Waals surface area contributed by atoms with E-state index in [-0.39, 0.29) is 0 Å². The Kier molecular flexibility index (Phi) is 15.8. The fourth-order valence-corrected chi connectivity index (χ4v) is 1.53. The van der Waals surface area contributed by atoms with Gasteiger partial charge in [-0.2, -0.15) is 0 Å². The zero-order chi connectivity index (χ0) is 14.2. The summed E-state index contributed by atoms with van der Waals surface area (Å²) in [5.74, 6) is 0.695. The molecule has 0 saturated heterocycles. The largest absolute Gasteiger partial charge is 0.379 e. The maximum atomic E-state index is 5.45. The lowest BCUT2D eigenvalue weighted by molar-refractivity contribution is 0.0144. The lowest BCUT2D eigenvalue weighted by atomic mass is 10.2. The average Bonchev–Trinajstić information content (AvgIpc) is 2.39. The van der Waals surface area contributed by atoms with Crippen molar-refractivity contribution < 1.29 is 14.2 Å². The Morgan fingerprint density at radius 3 is 1.95 bits per heavy atom. The van der Waals surface area contributed by atoms with E-state index < -0.39 is 0 Å². The van der Waals surface area contributed by atoms with Gasteiger partial charge in [-0.05, 0) is 18.9 Å². The molecule has 0 aromatic heterocycles. The molecule has 0 bridgehead atoms. The van der Waals surface area contributed by atoms with Crippen molar-refractivity contribution in [3.05, 3.63) is 0 Å². The summed E-state index contributed by atoms with van der Waals surface area (Å²) in [5, 5.41) is 3.33. The van der Waals surface area contributed by atoms with Crippen LogP contribution in [0.4, 0.5) is 0 Å². The molecular formula is C15H33NO3. The molecule has 0 aliphatic heterocycles. The first-order valence-corrected chi connectivity index (χ1v) is 7.71. The first-order chi connectivity index (χ1) is 9.27. The Balaban J connectivity index is 2.91. The van der Waals surface area contributed by atoms with Crippen LogP contribution in [0, 0.1) is 5.92 Å². The third-order valence-corrected chi connectivity index (χ3v) is 2.61. The molecule has 0 aromatic carbocycles. The molecule has 0 radical (unpaired) electrons. The maximum absolute atomic E-state index is 5.45. The van der Waals surface area contributed by atoms with Crippen molar-refractivity contribution in [3.63, 3.8) is 0 Å². The summed E-state index contributed by atoms with van der Waals surface area (Å²) in [6, 6.07) is 0. The number of hydrogen-bond donors (Lipinski definition) is 1. The zero-order valence-corrected chi connectivity index (χ0v) is 13.1. The minimum atomic E-state index is 0.655. The van der Waals surface area contributed by atoms with Gasteiger partial charge in [-0.25, -0.2) is 0 Å². The molecule has 0 heterocycles.